The number of nitrogens with one attached hydrogen (secondary N) is 2. The minimum atomic E-state index is -0.630. The van der Waals surface area contributed by atoms with Gasteiger partial charge >= 0.3 is 0 Å². The molecular formula is C24H23FN4. The van der Waals surface area contributed by atoms with E-state index in [9.17, 15) is 4.39 Å². The Bertz CT molecular complexity index is 1230. The first-order valence-corrected chi connectivity index (χ1v) is 10.1. The van der Waals surface area contributed by atoms with Gasteiger partial charge in [-0.15, -0.1) is 5.92 Å². The first-order chi connectivity index (χ1) is 14.2. The van der Waals surface area contributed by atoms with Gasteiger partial charge in [0.05, 0.1) is 11.2 Å². The third kappa shape index (κ3) is 3.52. The van der Waals surface area contributed by atoms with E-state index in [1.807, 2.05) is 19.1 Å². The van der Waals surface area contributed by atoms with Gasteiger partial charge in [0.2, 0.25) is 0 Å². The highest BCUT2D eigenvalue weighted by Crippen LogP contribution is 2.30. The van der Waals surface area contributed by atoms with Gasteiger partial charge in [0.25, 0.3) is 0 Å². The number of H-pyrrole nitrogens is 2. The van der Waals surface area contributed by atoms with Crippen molar-refractivity contribution in [2.24, 2.45) is 0 Å². The van der Waals surface area contributed by atoms with Crippen molar-refractivity contribution >= 4 is 21.8 Å². The summed E-state index contributed by atoms with van der Waals surface area (Å²) in [5.74, 6) is 6.01. The van der Waals surface area contributed by atoms with Gasteiger partial charge in [0.1, 0.15) is 11.9 Å². The lowest BCUT2D eigenvalue weighted by Crippen LogP contribution is -2.33. The van der Waals surface area contributed by atoms with Crippen molar-refractivity contribution in [1.82, 2.24) is 20.1 Å². The molecular weight excluding hydrogens is 363 g/mol. The van der Waals surface area contributed by atoms with Crippen LogP contribution in [0.3, 0.4) is 0 Å². The summed E-state index contributed by atoms with van der Waals surface area (Å²) in [6, 6.07) is 14.8. The predicted octanol–water partition coefficient (Wildman–Crippen LogP) is 5.02. The number of aromatic amines is 2. The van der Waals surface area contributed by atoms with Gasteiger partial charge in [-0.2, -0.15) is 5.10 Å². The first-order valence-electron chi connectivity index (χ1n) is 10.1. The predicted molar refractivity (Wildman–Crippen MR) is 115 cm³/mol. The Morgan fingerprint density at radius 2 is 1.97 bits per heavy atom. The van der Waals surface area contributed by atoms with Crippen molar-refractivity contribution in [2.45, 2.75) is 32.5 Å². The minimum absolute atomic E-state index is 0.630. The highest BCUT2D eigenvalue weighted by Gasteiger charge is 2.18. The van der Waals surface area contributed by atoms with Crippen molar-refractivity contribution in [2.75, 3.05) is 13.1 Å². The summed E-state index contributed by atoms with van der Waals surface area (Å²) in [6.45, 7) is 4.38. The standard InChI is InChI=1S/C24H23FN4/c1-2-3-16-4-6-20-22(13-16)27-28-24(20)23-14-18-12-17(5-7-21(18)26-23)15-29-10-8-19(25)9-11-29/h4-7,12-14,19,26H,8-11,15H2,1H3,(H,27,28). The summed E-state index contributed by atoms with van der Waals surface area (Å²) in [7, 11) is 0. The maximum absolute atomic E-state index is 13.4. The molecule has 0 aliphatic carbocycles. The maximum Gasteiger partial charge on any atom is 0.116 e. The van der Waals surface area contributed by atoms with E-state index in [-0.39, 0.29) is 0 Å². The molecule has 2 aromatic carbocycles. The number of alkyl halides is 1. The van der Waals surface area contributed by atoms with Crippen LogP contribution in [0.1, 0.15) is 30.9 Å². The van der Waals surface area contributed by atoms with Crippen LogP contribution in [-0.2, 0) is 6.54 Å². The average molecular weight is 386 g/mol. The van der Waals surface area contributed by atoms with E-state index in [1.165, 1.54) is 10.9 Å². The van der Waals surface area contributed by atoms with Crippen molar-refractivity contribution in [3.05, 3.63) is 53.6 Å². The molecule has 0 unspecified atom stereocenters. The molecule has 29 heavy (non-hydrogen) atoms. The first kappa shape index (κ1) is 18.0. The van der Waals surface area contributed by atoms with E-state index in [2.05, 4.69) is 62.3 Å². The molecule has 1 aliphatic rings. The second-order valence-electron chi connectivity index (χ2n) is 7.76. The number of hydrogen-bond acceptors (Lipinski definition) is 2. The molecule has 2 aromatic heterocycles. The Kier molecular flexibility index (Phi) is 4.57. The molecule has 2 N–H and O–H groups in total. The minimum Gasteiger partial charge on any atom is -0.353 e. The van der Waals surface area contributed by atoms with Crippen LogP contribution in [0, 0.1) is 11.8 Å². The zero-order chi connectivity index (χ0) is 19.8. The topological polar surface area (TPSA) is 47.7 Å². The Morgan fingerprint density at radius 1 is 1.10 bits per heavy atom. The molecule has 0 spiro atoms. The summed E-state index contributed by atoms with van der Waals surface area (Å²) in [4.78, 5) is 5.83. The largest absolute Gasteiger partial charge is 0.353 e. The van der Waals surface area contributed by atoms with Gasteiger partial charge in [0.15, 0.2) is 0 Å². The third-order valence-electron chi connectivity index (χ3n) is 5.70. The van der Waals surface area contributed by atoms with Crippen LogP contribution in [0.15, 0.2) is 42.5 Å². The second kappa shape index (κ2) is 7.38. The number of likely N-dealkylation sites (tertiary alicyclic amines) is 1. The smallest absolute Gasteiger partial charge is 0.116 e. The molecule has 0 radical (unpaired) electrons. The fourth-order valence-electron chi connectivity index (χ4n) is 4.17. The van der Waals surface area contributed by atoms with Gasteiger partial charge < -0.3 is 4.98 Å². The number of piperidine rings is 1. The number of nitrogens with zero attached hydrogens (tertiary/aromatic N) is 2. The lowest BCUT2D eigenvalue weighted by atomic mass is 10.1. The van der Waals surface area contributed by atoms with Crippen LogP contribution in [0.4, 0.5) is 4.39 Å². The van der Waals surface area contributed by atoms with E-state index < -0.39 is 6.17 Å². The van der Waals surface area contributed by atoms with Crippen LogP contribution in [0.5, 0.6) is 0 Å². The zero-order valence-corrected chi connectivity index (χ0v) is 16.4. The SMILES string of the molecule is CC#Cc1ccc2c(-c3cc4cc(CN5CCC(F)CC5)ccc4[nH]3)n[nH]c2c1. The summed E-state index contributed by atoms with van der Waals surface area (Å²) in [5, 5.41) is 9.91. The quantitative estimate of drug-likeness (QED) is 0.486. The lowest BCUT2D eigenvalue weighted by molar-refractivity contribution is 0.145. The lowest BCUT2D eigenvalue weighted by Gasteiger charge is -2.28. The molecule has 5 heteroatoms. The van der Waals surface area contributed by atoms with Crippen molar-refractivity contribution in [3.8, 4) is 23.2 Å². The average Bonchev–Trinajstić information content (AvgIpc) is 3.33. The van der Waals surface area contributed by atoms with Gasteiger partial charge in [-0.05, 0) is 61.7 Å². The van der Waals surface area contributed by atoms with Crippen molar-refractivity contribution < 1.29 is 4.39 Å². The summed E-state index contributed by atoms with van der Waals surface area (Å²) < 4.78 is 13.4. The maximum atomic E-state index is 13.4. The molecule has 4 nitrogen and oxygen atoms in total. The Hall–Kier alpha value is -3.10. The second-order valence-corrected chi connectivity index (χ2v) is 7.76. The van der Waals surface area contributed by atoms with Gasteiger partial charge in [-0.25, -0.2) is 4.39 Å². The van der Waals surface area contributed by atoms with E-state index in [1.54, 1.807) is 0 Å². The van der Waals surface area contributed by atoms with E-state index in [0.29, 0.717) is 12.8 Å². The van der Waals surface area contributed by atoms with Crippen molar-refractivity contribution in [1.29, 1.82) is 0 Å². The summed E-state index contributed by atoms with van der Waals surface area (Å²) >= 11 is 0. The highest BCUT2D eigenvalue weighted by atomic mass is 19.1. The molecule has 1 fully saturated rings. The molecule has 0 amide bonds. The molecule has 1 aliphatic heterocycles. The Labute approximate surface area is 169 Å². The van der Waals surface area contributed by atoms with Gasteiger partial charge in [-0.3, -0.25) is 10.00 Å². The van der Waals surface area contributed by atoms with Crippen LogP contribution in [0.2, 0.25) is 0 Å². The van der Waals surface area contributed by atoms with Crippen LogP contribution >= 0.6 is 0 Å². The molecule has 0 saturated carbocycles. The summed E-state index contributed by atoms with van der Waals surface area (Å²) in [5.41, 5.74) is 6.23. The van der Waals surface area contributed by atoms with Gasteiger partial charge in [0, 0.05) is 41.5 Å². The normalized spacial score (nSPS) is 15.7. The summed E-state index contributed by atoms with van der Waals surface area (Å²) in [6.07, 6.45) is 0.664. The highest BCUT2D eigenvalue weighted by molar-refractivity contribution is 5.96. The fourth-order valence-corrected chi connectivity index (χ4v) is 4.17. The van der Waals surface area contributed by atoms with Crippen LogP contribution < -0.4 is 0 Å². The monoisotopic (exact) mass is 386 g/mol. The zero-order valence-electron chi connectivity index (χ0n) is 16.4. The van der Waals surface area contributed by atoms with Crippen LogP contribution in [-0.4, -0.2) is 39.3 Å². The van der Waals surface area contributed by atoms with Crippen molar-refractivity contribution in [3.63, 3.8) is 0 Å². The molecule has 4 aromatic rings. The third-order valence-corrected chi connectivity index (χ3v) is 5.70. The van der Waals surface area contributed by atoms with E-state index >= 15 is 0 Å². The van der Waals surface area contributed by atoms with Crippen LogP contribution in [0.25, 0.3) is 33.2 Å². The Balaban J connectivity index is 1.44. The number of fused-ring (bicyclic) bond motifs is 2. The number of hydrogen-bond donors (Lipinski definition) is 2. The molecule has 5 rings (SSSR count). The molecule has 146 valence electrons. The number of halogens is 1. The van der Waals surface area contributed by atoms with Gasteiger partial charge in [-0.1, -0.05) is 12.0 Å². The molecule has 0 bridgehead atoms. The van der Waals surface area contributed by atoms with E-state index in [0.717, 1.165) is 53.0 Å². The number of benzene rings is 2. The number of rotatable bonds is 3. The molecule has 1 saturated heterocycles. The number of aromatic nitrogens is 3. The molecule has 0 atom stereocenters. The van der Waals surface area contributed by atoms with E-state index in [4.69, 9.17) is 0 Å². The Morgan fingerprint density at radius 3 is 2.79 bits per heavy atom. The fraction of sp³-hybridized carbons (Fsp3) is 0.292. The molecule has 3 heterocycles.